The molecule has 0 amide bonds. The minimum Gasteiger partial charge on any atom is -0.369 e. The van der Waals surface area contributed by atoms with Crippen LogP contribution >= 0.6 is 10.0 Å². The molecule has 0 bridgehead atoms. The van der Waals surface area contributed by atoms with Gasteiger partial charge >= 0.3 is 0 Å². The highest BCUT2D eigenvalue weighted by molar-refractivity contribution is 8.32. The van der Waals surface area contributed by atoms with Crippen LogP contribution in [-0.2, 0) is 11.3 Å². The van der Waals surface area contributed by atoms with E-state index in [4.69, 9.17) is 4.74 Å². The average Bonchev–Trinajstić information content (AvgIpc) is 2.31. The molecule has 0 aliphatic heterocycles. The molecule has 1 aromatic carbocycles. The average molecular weight is 288 g/mol. The third-order valence-electron chi connectivity index (χ3n) is 2.13. The van der Waals surface area contributed by atoms with Crippen LogP contribution in [0.4, 0.5) is 0 Å². The molecule has 19 heavy (non-hydrogen) atoms. The van der Waals surface area contributed by atoms with Gasteiger partial charge in [0.25, 0.3) is 0 Å². The van der Waals surface area contributed by atoms with Gasteiger partial charge in [0.1, 0.15) is 0 Å². The number of hydrogen-bond donors (Lipinski definition) is 0. The molecule has 0 saturated heterocycles. The molecule has 2 nitrogen and oxygen atoms in total. The summed E-state index contributed by atoms with van der Waals surface area (Å²) >= 11 is 0. The number of benzene rings is 1. The fourth-order valence-corrected chi connectivity index (χ4v) is 2.96. The summed E-state index contributed by atoms with van der Waals surface area (Å²) in [6, 6.07) is 10.6. The summed E-state index contributed by atoms with van der Waals surface area (Å²) in [6.07, 6.45) is 7.00. The van der Waals surface area contributed by atoms with Crippen molar-refractivity contribution in [3.05, 3.63) is 35.9 Å². The Labute approximate surface area is 122 Å². The lowest BCUT2D eigenvalue weighted by atomic mass is 10.2. The molecule has 0 spiro atoms. The lowest BCUT2D eigenvalue weighted by Crippen LogP contribution is -2.29. The Bertz CT molecular complexity index is 295. The fourth-order valence-electron chi connectivity index (χ4n) is 1.70. The molecule has 0 N–H and O–H groups in total. The molecule has 1 rings (SSSR count). The first-order chi connectivity index (χ1) is 8.51. The largest absolute Gasteiger partial charge is 0.369 e. The lowest BCUT2D eigenvalue weighted by Gasteiger charge is -2.33. The van der Waals surface area contributed by atoms with Crippen molar-refractivity contribution in [1.29, 1.82) is 0 Å². The predicted molar refractivity (Wildman–Crippen MR) is 92.2 cm³/mol. The Kier molecular flexibility index (Phi) is 12.4. The van der Waals surface area contributed by atoms with Crippen LogP contribution in [0.1, 0.15) is 26.8 Å². The summed E-state index contributed by atoms with van der Waals surface area (Å²) in [5.41, 5.74) is 1.35. The standard InChI is InChI=1S/C13H23NOS.C2H6.CH4/c1-15-11-14(12-16(2,3)4)10-13-8-6-5-7-9-13;1-2;/h5-9H,10-12H2,1-4H3;1-2H3;1H4. The van der Waals surface area contributed by atoms with Crippen LogP contribution in [0.5, 0.6) is 0 Å². The van der Waals surface area contributed by atoms with Crippen molar-refractivity contribution < 1.29 is 4.74 Å². The molecular weight excluding hydrogens is 254 g/mol. The SMILES string of the molecule is C.CC.COCN(Cc1ccccc1)CS(C)(C)C. The maximum absolute atomic E-state index is 5.26. The van der Waals surface area contributed by atoms with Crippen molar-refractivity contribution in [2.75, 3.05) is 38.5 Å². The van der Waals surface area contributed by atoms with Crippen molar-refractivity contribution in [2.45, 2.75) is 27.8 Å². The Balaban J connectivity index is 0. The van der Waals surface area contributed by atoms with Gasteiger partial charge in [-0.25, -0.2) is 10.0 Å². The molecule has 0 unspecified atom stereocenters. The van der Waals surface area contributed by atoms with E-state index in [0.717, 1.165) is 12.4 Å². The number of methoxy groups -OCH3 is 1. The van der Waals surface area contributed by atoms with Crippen LogP contribution in [-0.4, -0.2) is 43.4 Å². The highest BCUT2D eigenvalue weighted by atomic mass is 32.3. The summed E-state index contributed by atoms with van der Waals surface area (Å²) in [5, 5.41) is 0. The quantitative estimate of drug-likeness (QED) is 0.719. The van der Waals surface area contributed by atoms with Gasteiger partial charge < -0.3 is 4.74 Å². The molecule has 114 valence electrons. The van der Waals surface area contributed by atoms with Gasteiger partial charge in [-0.05, 0) is 24.3 Å². The molecular formula is C16H33NOS. The van der Waals surface area contributed by atoms with Gasteiger partial charge in [0.2, 0.25) is 0 Å². The molecule has 3 heteroatoms. The first-order valence-corrected chi connectivity index (χ1v) is 9.45. The maximum Gasteiger partial charge on any atom is 0.0995 e. The smallest absolute Gasteiger partial charge is 0.0995 e. The van der Waals surface area contributed by atoms with E-state index in [1.54, 1.807) is 7.11 Å². The van der Waals surface area contributed by atoms with E-state index >= 15 is 0 Å². The van der Waals surface area contributed by atoms with Crippen LogP contribution in [0.3, 0.4) is 0 Å². The van der Waals surface area contributed by atoms with Gasteiger partial charge in [-0.2, -0.15) is 0 Å². The second-order valence-electron chi connectivity index (χ2n) is 4.95. The zero-order valence-electron chi connectivity index (χ0n) is 12.8. The second-order valence-corrected chi connectivity index (χ2v) is 9.39. The van der Waals surface area contributed by atoms with Gasteiger partial charge in [0.15, 0.2) is 0 Å². The summed E-state index contributed by atoms with van der Waals surface area (Å²) < 4.78 is 5.26. The monoisotopic (exact) mass is 287 g/mol. The van der Waals surface area contributed by atoms with Gasteiger partial charge in [0.05, 0.1) is 6.73 Å². The first-order valence-electron chi connectivity index (χ1n) is 6.42. The minimum absolute atomic E-state index is 0. The molecule has 0 aromatic heterocycles. The van der Waals surface area contributed by atoms with Gasteiger partial charge in [-0.1, -0.05) is 51.6 Å². The number of rotatable bonds is 6. The highest BCUT2D eigenvalue weighted by Gasteiger charge is 2.12. The van der Waals surface area contributed by atoms with Crippen LogP contribution < -0.4 is 0 Å². The molecule has 0 heterocycles. The van der Waals surface area contributed by atoms with E-state index in [2.05, 4.69) is 54.0 Å². The van der Waals surface area contributed by atoms with E-state index in [9.17, 15) is 0 Å². The van der Waals surface area contributed by atoms with Gasteiger partial charge in [-0.3, -0.25) is 4.90 Å². The fraction of sp³-hybridized carbons (Fsp3) is 0.625. The molecule has 0 aliphatic carbocycles. The van der Waals surface area contributed by atoms with E-state index in [0.29, 0.717) is 6.73 Å². The predicted octanol–water partition coefficient (Wildman–Crippen LogP) is 4.41. The van der Waals surface area contributed by atoms with Crippen LogP contribution in [0, 0.1) is 0 Å². The molecule has 0 fully saturated rings. The summed E-state index contributed by atoms with van der Waals surface area (Å²) in [4.78, 5) is 2.37. The van der Waals surface area contributed by atoms with Crippen LogP contribution in [0.2, 0.25) is 0 Å². The van der Waals surface area contributed by atoms with E-state index in [1.165, 1.54) is 5.56 Å². The molecule has 0 saturated carbocycles. The third kappa shape index (κ3) is 11.0. The maximum atomic E-state index is 5.26. The number of hydrogen-bond acceptors (Lipinski definition) is 2. The Morgan fingerprint density at radius 2 is 1.58 bits per heavy atom. The normalized spacial score (nSPS) is 11.3. The van der Waals surface area contributed by atoms with E-state index in [1.807, 2.05) is 13.8 Å². The second kappa shape index (κ2) is 11.3. The van der Waals surface area contributed by atoms with Gasteiger partial charge in [-0.15, -0.1) is 0 Å². The minimum atomic E-state index is -0.520. The molecule has 0 aliphatic rings. The van der Waals surface area contributed by atoms with Crippen molar-refractivity contribution in [2.24, 2.45) is 0 Å². The zero-order chi connectivity index (χ0) is 14.0. The molecule has 1 aromatic rings. The van der Waals surface area contributed by atoms with Crippen LogP contribution in [0.15, 0.2) is 30.3 Å². The van der Waals surface area contributed by atoms with Crippen molar-refractivity contribution in [3.8, 4) is 0 Å². The molecule has 0 radical (unpaired) electrons. The van der Waals surface area contributed by atoms with Crippen LogP contribution in [0.25, 0.3) is 0 Å². The first kappa shape index (κ1) is 20.8. The zero-order valence-corrected chi connectivity index (χ0v) is 13.6. The summed E-state index contributed by atoms with van der Waals surface area (Å²) in [5.74, 6) is 1.12. The Morgan fingerprint density at radius 3 is 2.00 bits per heavy atom. The Hall–Kier alpha value is -0.510. The topological polar surface area (TPSA) is 12.5 Å². The highest BCUT2D eigenvalue weighted by Crippen LogP contribution is 2.35. The number of nitrogens with zero attached hydrogens (tertiary/aromatic N) is 1. The van der Waals surface area contributed by atoms with Crippen molar-refractivity contribution >= 4 is 10.0 Å². The Morgan fingerprint density at radius 1 is 1.05 bits per heavy atom. The summed E-state index contributed by atoms with van der Waals surface area (Å²) in [6.45, 7) is 5.68. The number of ether oxygens (including phenoxy) is 1. The van der Waals surface area contributed by atoms with Crippen molar-refractivity contribution in [1.82, 2.24) is 4.90 Å². The van der Waals surface area contributed by atoms with Gasteiger partial charge in [0, 0.05) is 19.5 Å². The molecule has 0 atom stereocenters. The van der Waals surface area contributed by atoms with E-state index in [-0.39, 0.29) is 7.43 Å². The summed E-state index contributed by atoms with van der Waals surface area (Å²) in [7, 11) is 1.24. The van der Waals surface area contributed by atoms with E-state index < -0.39 is 10.0 Å². The van der Waals surface area contributed by atoms with Crippen molar-refractivity contribution in [3.63, 3.8) is 0 Å². The third-order valence-corrected chi connectivity index (χ3v) is 3.27. The lowest BCUT2D eigenvalue weighted by molar-refractivity contribution is 0.0720.